The van der Waals surface area contributed by atoms with Gasteiger partial charge in [0.1, 0.15) is 11.9 Å². The molecule has 2 nitrogen and oxygen atoms in total. The minimum absolute atomic E-state index is 0.0494. The van der Waals surface area contributed by atoms with Crippen LogP contribution in [0.4, 0.5) is 0 Å². The number of hydrogen-bond acceptors (Lipinski definition) is 2. The van der Waals surface area contributed by atoms with E-state index in [0.29, 0.717) is 0 Å². The van der Waals surface area contributed by atoms with Gasteiger partial charge in [-0.2, -0.15) is 5.26 Å². The van der Waals surface area contributed by atoms with Crippen LogP contribution in [0.25, 0.3) is 0 Å². The summed E-state index contributed by atoms with van der Waals surface area (Å²) < 4.78 is 6.08. The molecule has 1 aromatic rings. The Balaban J connectivity index is 2.13. The van der Waals surface area contributed by atoms with Gasteiger partial charge >= 0.3 is 0 Å². The van der Waals surface area contributed by atoms with Gasteiger partial charge in [-0.25, -0.2) is 0 Å². The molecule has 2 heteroatoms. The molecule has 0 amide bonds. The molecule has 1 saturated carbocycles. The average molecular weight is 243 g/mol. The Labute approximate surface area is 110 Å². The zero-order chi connectivity index (χ0) is 13.0. The van der Waals surface area contributed by atoms with Gasteiger partial charge < -0.3 is 4.74 Å². The quantitative estimate of drug-likeness (QED) is 0.731. The monoisotopic (exact) mass is 243 g/mol. The van der Waals surface area contributed by atoms with Crippen LogP contribution in [0, 0.1) is 31.1 Å². The van der Waals surface area contributed by atoms with Gasteiger partial charge in [-0.15, -0.1) is 0 Å². The Morgan fingerprint density at radius 3 is 2.39 bits per heavy atom. The van der Waals surface area contributed by atoms with Crippen LogP contribution in [-0.4, -0.2) is 6.10 Å². The molecule has 0 bridgehead atoms. The fourth-order valence-corrected chi connectivity index (χ4v) is 2.74. The fraction of sp³-hybridized carbons (Fsp3) is 0.562. The summed E-state index contributed by atoms with van der Waals surface area (Å²) in [6.45, 7) is 4.16. The minimum Gasteiger partial charge on any atom is -0.489 e. The molecule has 0 heterocycles. The Morgan fingerprint density at radius 1 is 1.06 bits per heavy atom. The maximum atomic E-state index is 9.24. The third kappa shape index (κ3) is 3.26. The highest BCUT2D eigenvalue weighted by Crippen LogP contribution is 2.28. The molecule has 1 aromatic carbocycles. The zero-order valence-corrected chi connectivity index (χ0v) is 11.3. The third-order valence-electron chi connectivity index (χ3n) is 3.60. The summed E-state index contributed by atoms with van der Waals surface area (Å²) in [4.78, 5) is 0. The van der Waals surface area contributed by atoms with Crippen molar-refractivity contribution >= 4 is 0 Å². The Bertz CT molecular complexity index is 427. The molecule has 0 aliphatic heterocycles. The molecular weight excluding hydrogens is 222 g/mol. The number of rotatable bonds is 2. The van der Waals surface area contributed by atoms with Crippen LogP contribution in [0.3, 0.4) is 0 Å². The molecule has 2 rings (SSSR count). The molecule has 18 heavy (non-hydrogen) atoms. The van der Waals surface area contributed by atoms with Gasteiger partial charge in [-0.1, -0.05) is 18.9 Å². The van der Waals surface area contributed by atoms with Gasteiger partial charge in [0.15, 0.2) is 0 Å². The van der Waals surface area contributed by atoms with Crippen molar-refractivity contribution < 1.29 is 4.74 Å². The Morgan fingerprint density at radius 2 is 1.72 bits per heavy atom. The zero-order valence-electron chi connectivity index (χ0n) is 11.3. The predicted octanol–water partition coefficient (Wildman–Crippen LogP) is 4.15. The molecular formula is C16H21NO. The smallest absolute Gasteiger partial charge is 0.120 e. The summed E-state index contributed by atoms with van der Waals surface area (Å²) in [5, 5.41) is 9.24. The van der Waals surface area contributed by atoms with E-state index in [1.165, 1.54) is 24.0 Å². The molecule has 1 aliphatic carbocycles. The number of hydrogen-bond donors (Lipinski definition) is 0. The Hall–Kier alpha value is -1.49. The largest absolute Gasteiger partial charge is 0.489 e. The predicted molar refractivity (Wildman–Crippen MR) is 72.5 cm³/mol. The van der Waals surface area contributed by atoms with Crippen LogP contribution in [0.1, 0.15) is 43.2 Å². The highest BCUT2D eigenvalue weighted by molar-refractivity contribution is 5.33. The Kier molecular flexibility index (Phi) is 4.25. The van der Waals surface area contributed by atoms with Crippen LogP contribution in [0.5, 0.6) is 5.75 Å². The van der Waals surface area contributed by atoms with Crippen molar-refractivity contribution in [1.82, 2.24) is 0 Å². The minimum atomic E-state index is 0.0494. The highest BCUT2D eigenvalue weighted by atomic mass is 16.5. The van der Waals surface area contributed by atoms with E-state index in [0.717, 1.165) is 25.0 Å². The summed E-state index contributed by atoms with van der Waals surface area (Å²) in [5.41, 5.74) is 2.43. The van der Waals surface area contributed by atoms with Crippen LogP contribution < -0.4 is 4.74 Å². The lowest BCUT2D eigenvalue weighted by Gasteiger charge is -2.21. The lowest BCUT2D eigenvalue weighted by Crippen LogP contribution is -2.24. The topological polar surface area (TPSA) is 33.0 Å². The lowest BCUT2D eigenvalue weighted by molar-refractivity contribution is 0.152. The van der Waals surface area contributed by atoms with Gasteiger partial charge in [-0.3, -0.25) is 0 Å². The van der Waals surface area contributed by atoms with Crippen molar-refractivity contribution in [2.24, 2.45) is 5.92 Å². The van der Waals surface area contributed by atoms with E-state index in [9.17, 15) is 5.26 Å². The first-order valence-electron chi connectivity index (χ1n) is 6.83. The van der Waals surface area contributed by atoms with Crippen LogP contribution in [0.2, 0.25) is 0 Å². The molecule has 0 N–H and O–H groups in total. The number of nitrogens with zero attached hydrogens (tertiary/aromatic N) is 1. The van der Waals surface area contributed by atoms with Crippen molar-refractivity contribution in [1.29, 1.82) is 5.26 Å². The van der Waals surface area contributed by atoms with Crippen LogP contribution >= 0.6 is 0 Å². The van der Waals surface area contributed by atoms with Crippen molar-refractivity contribution in [3.05, 3.63) is 29.3 Å². The molecule has 0 aromatic heterocycles. The molecule has 0 radical (unpaired) electrons. The number of nitriles is 1. The van der Waals surface area contributed by atoms with E-state index in [4.69, 9.17) is 4.74 Å². The van der Waals surface area contributed by atoms with Crippen molar-refractivity contribution in [2.75, 3.05) is 0 Å². The van der Waals surface area contributed by atoms with Crippen LogP contribution in [-0.2, 0) is 0 Å². The molecule has 1 aliphatic rings. The summed E-state index contributed by atoms with van der Waals surface area (Å²) in [7, 11) is 0. The van der Waals surface area contributed by atoms with Crippen molar-refractivity contribution in [2.45, 2.75) is 52.1 Å². The van der Waals surface area contributed by atoms with E-state index >= 15 is 0 Å². The molecule has 96 valence electrons. The van der Waals surface area contributed by atoms with Crippen molar-refractivity contribution in [3.63, 3.8) is 0 Å². The second-order valence-electron chi connectivity index (χ2n) is 5.35. The summed E-state index contributed by atoms with van der Waals surface area (Å²) in [6.07, 6.45) is 5.61. The molecule has 2 unspecified atom stereocenters. The summed E-state index contributed by atoms with van der Waals surface area (Å²) in [5.74, 6) is 0.966. The summed E-state index contributed by atoms with van der Waals surface area (Å²) in [6, 6.07) is 8.68. The first kappa shape index (κ1) is 13.0. The van der Waals surface area contributed by atoms with Crippen molar-refractivity contribution in [3.8, 4) is 11.8 Å². The van der Waals surface area contributed by atoms with E-state index in [1.54, 1.807) is 0 Å². The highest BCUT2D eigenvalue weighted by Gasteiger charge is 2.25. The standard InChI is InChI=1S/C16H21NO/c1-12-8-13(2)10-15(9-12)18-16-7-5-3-4-6-14(16)11-17/h8-10,14,16H,3-7H2,1-2H3. The van der Waals surface area contributed by atoms with Gasteiger partial charge in [-0.05, 0) is 56.4 Å². The second kappa shape index (κ2) is 5.91. The first-order chi connectivity index (χ1) is 8.69. The number of benzene rings is 1. The molecule has 0 saturated heterocycles. The van der Waals surface area contributed by atoms with Gasteiger partial charge in [0.05, 0.1) is 12.0 Å². The van der Waals surface area contributed by atoms with E-state index in [2.05, 4.69) is 38.1 Å². The second-order valence-corrected chi connectivity index (χ2v) is 5.35. The molecule has 2 atom stereocenters. The SMILES string of the molecule is Cc1cc(C)cc(OC2CCCCCC2C#N)c1. The summed E-state index contributed by atoms with van der Waals surface area (Å²) >= 11 is 0. The third-order valence-corrected chi connectivity index (χ3v) is 3.60. The molecule has 0 spiro atoms. The first-order valence-corrected chi connectivity index (χ1v) is 6.83. The van der Waals surface area contributed by atoms with E-state index in [-0.39, 0.29) is 12.0 Å². The number of ether oxygens (including phenoxy) is 1. The maximum absolute atomic E-state index is 9.24. The van der Waals surface area contributed by atoms with Gasteiger partial charge in [0.2, 0.25) is 0 Å². The maximum Gasteiger partial charge on any atom is 0.120 e. The van der Waals surface area contributed by atoms with Gasteiger partial charge in [0.25, 0.3) is 0 Å². The van der Waals surface area contributed by atoms with E-state index < -0.39 is 0 Å². The van der Waals surface area contributed by atoms with Gasteiger partial charge in [0, 0.05) is 0 Å². The van der Waals surface area contributed by atoms with E-state index in [1.807, 2.05) is 0 Å². The number of aryl methyl sites for hydroxylation is 2. The lowest BCUT2D eigenvalue weighted by atomic mass is 9.99. The normalized spacial score (nSPS) is 24.1. The van der Waals surface area contributed by atoms with Crippen LogP contribution in [0.15, 0.2) is 18.2 Å². The fourth-order valence-electron chi connectivity index (χ4n) is 2.74. The molecule has 1 fully saturated rings. The average Bonchev–Trinajstić information content (AvgIpc) is 2.52.